The van der Waals surface area contributed by atoms with E-state index in [0.717, 1.165) is 66.1 Å². The van der Waals surface area contributed by atoms with E-state index in [0.29, 0.717) is 16.8 Å². The van der Waals surface area contributed by atoms with Crippen molar-refractivity contribution in [3.05, 3.63) is 59.5 Å². The van der Waals surface area contributed by atoms with Crippen molar-refractivity contribution in [1.29, 1.82) is 0 Å². The van der Waals surface area contributed by atoms with Crippen LogP contribution in [0, 0.1) is 5.82 Å². The van der Waals surface area contributed by atoms with Gasteiger partial charge in [0.15, 0.2) is 4.96 Å². The highest BCUT2D eigenvalue weighted by Crippen LogP contribution is 2.32. The number of benzene rings is 2. The van der Waals surface area contributed by atoms with Crippen LogP contribution in [0.4, 0.5) is 4.39 Å². The molecule has 8 heteroatoms. The first-order chi connectivity index (χ1) is 16.5. The number of hydrogen-bond donors (Lipinski definition) is 2. The summed E-state index contributed by atoms with van der Waals surface area (Å²) in [6.45, 7) is 2.96. The van der Waals surface area contributed by atoms with Gasteiger partial charge in [-0.3, -0.25) is 9.20 Å². The van der Waals surface area contributed by atoms with Gasteiger partial charge in [0.2, 0.25) is 0 Å². The molecule has 176 valence electrons. The van der Waals surface area contributed by atoms with Crippen molar-refractivity contribution < 1.29 is 9.18 Å². The molecular formula is C26H28FN5OS. The minimum Gasteiger partial charge on any atom is -0.348 e. The number of halogens is 1. The van der Waals surface area contributed by atoms with Crippen molar-refractivity contribution in [2.24, 2.45) is 0 Å². The number of thiazole rings is 1. The Balaban J connectivity index is 1.25. The van der Waals surface area contributed by atoms with E-state index in [1.807, 2.05) is 40.9 Å². The van der Waals surface area contributed by atoms with E-state index in [1.54, 1.807) is 6.07 Å². The zero-order valence-corrected chi connectivity index (χ0v) is 20.0. The van der Waals surface area contributed by atoms with Gasteiger partial charge in [-0.25, -0.2) is 9.37 Å². The number of likely N-dealkylation sites (N-methyl/N-ethyl adjacent to an activating group) is 1. The molecule has 2 aromatic carbocycles. The van der Waals surface area contributed by atoms with Gasteiger partial charge in [0, 0.05) is 36.0 Å². The smallest absolute Gasteiger partial charge is 0.251 e. The zero-order valence-electron chi connectivity index (χ0n) is 19.2. The monoisotopic (exact) mass is 477 g/mol. The summed E-state index contributed by atoms with van der Waals surface area (Å²) in [6.07, 6.45) is 6.18. The Labute approximate surface area is 201 Å². The van der Waals surface area contributed by atoms with Gasteiger partial charge in [-0.1, -0.05) is 17.4 Å². The molecule has 2 fully saturated rings. The predicted octanol–water partition coefficient (Wildman–Crippen LogP) is 4.60. The summed E-state index contributed by atoms with van der Waals surface area (Å²) < 4.78 is 18.0. The molecule has 2 aromatic heterocycles. The number of aromatic nitrogens is 2. The van der Waals surface area contributed by atoms with Crippen molar-refractivity contribution in [3.8, 4) is 11.3 Å². The minimum absolute atomic E-state index is 0.0344. The largest absolute Gasteiger partial charge is 0.348 e. The highest BCUT2D eigenvalue weighted by Gasteiger charge is 2.21. The van der Waals surface area contributed by atoms with Gasteiger partial charge in [0.1, 0.15) is 5.82 Å². The average molecular weight is 478 g/mol. The van der Waals surface area contributed by atoms with Crippen LogP contribution in [0.25, 0.3) is 26.4 Å². The van der Waals surface area contributed by atoms with Crippen LogP contribution in [0.3, 0.4) is 0 Å². The van der Waals surface area contributed by atoms with E-state index in [-0.39, 0.29) is 23.8 Å². The van der Waals surface area contributed by atoms with Gasteiger partial charge in [-0.2, -0.15) is 0 Å². The molecule has 4 heterocycles. The molecule has 0 bridgehead atoms. The van der Waals surface area contributed by atoms with E-state index in [2.05, 4.69) is 22.6 Å². The molecule has 0 saturated carbocycles. The molecule has 2 N–H and O–H groups in total. The van der Waals surface area contributed by atoms with Crippen molar-refractivity contribution in [1.82, 2.24) is 24.9 Å². The Bertz CT molecular complexity index is 1370. The van der Waals surface area contributed by atoms with Gasteiger partial charge in [0.25, 0.3) is 5.91 Å². The fourth-order valence-electron chi connectivity index (χ4n) is 5.25. The Morgan fingerprint density at radius 1 is 1.21 bits per heavy atom. The van der Waals surface area contributed by atoms with Gasteiger partial charge in [-0.05, 0) is 81.7 Å². The highest BCUT2D eigenvalue weighted by atomic mass is 32.1. The molecule has 6 nitrogen and oxygen atoms in total. The third kappa shape index (κ3) is 4.00. The second-order valence-corrected chi connectivity index (χ2v) is 10.5. The molecule has 2 aliphatic heterocycles. The molecule has 6 rings (SSSR count). The Kier molecular flexibility index (Phi) is 5.59. The molecule has 0 aliphatic carbocycles. The Morgan fingerprint density at radius 2 is 2.12 bits per heavy atom. The molecule has 1 amide bonds. The molecule has 4 aromatic rings. The van der Waals surface area contributed by atoms with E-state index in [1.165, 1.54) is 11.3 Å². The number of rotatable bonds is 4. The quantitative estimate of drug-likeness (QED) is 0.451. The van der Waals surface area contributed by atoms with Gasteiger partial charge >= 0.3 is 0 Å². The third-order valence-electron chi connectivity index (χ3n) is 7.05. The molecule has 0 spiro atoms. The Morgan fingerprint density at radius 3 is 2.91 bits per heavy atom. The number of piperidine rings is 1. The van der Waals surface area contributed by atoms with E-state index < -0.39 is 0 Å². The lowest BCUT2D eigenvalue weighted by Crippen LogP contribution is -2.46. The van der Waals surface area contributed by atoms with Crippen LogP contribution in [-0.2, 0) is 0 Å². The first-order valence-corrected chi connectivity index (χ1v) is 12.8. The molecule has 0 radical (unpaired) electrons. The number of nitrogens with zero attached hydrogens (tertiary/aromatic N) is 3. The lowest BCUT2D eigenvalue weighted by molar-refractivity contribution is 0.0912. The van der Waals surface area contributed by atoms with Crippen LogP contribution in [0.2, 0.25) is 0 Å². The van der Waals surface area contributed by atoms with Crippen molar-refractivity contribution in [2.45, 2.75) is 37.8 Å². The number of hydrogen-bond acceptors (Lipinski definition) is 5. The SMILES string of the molecule is CN1CCCC(NC(=O)c2ccc3c(c2)sc2nc(-c4ccc(C5CCCN5)cc4F)cn23)C1. The molecule has 2 saturated heterocycles. The molecule has 34 heavy (non-hydrogen) atoms. The van der Waals surface area contributed by atoms with E-state index in [9.17, 15) is 9.18 Å². The number of fused-ring (bicyclic) bond motifs is 3. The maximum absolute atomic E-state index is 15.0. The third-order valence-corrected chi connectivity index (χ3v) is 8.07. The van der Waals surface area contributed by atoms with Crippen LogP contribution in [0.1, 0.15) is 47.6 Å². The summed E-state index contributed by atoms with van der Waals surface area (Å²) in [7, 11) is 2.09. The maximum Gasteiger partial charge on any atom is 0.251 e. The normalized spacial score (nSPS) is 21.5. The van der Waals surface area contributed by atoms with Crippen LogP contribution in [0.15, 0.2) is 42.6 Å². The summed E-state index contributed by atoms with van der Waals surface area (Å²) >= 11 is 1.52. The summed E-state index contributed by atoms with van der Waals surface area (Å²) in [5.41, 5.74) is 3.77. The van der Waals surface area contributed by atoms with Gasteiger partial charge in [-0.15, -0.1) is 0 Å². The van der Waals surface area contributed by atoms with E-state index in [4.69, 9.17) is 4.98 Å². The van der Waals surface area contributed by atoms with Crippen molar-refractivity contribution in [3.63, 3.8) is 0 Å². The number of carbonyl (C=O) groups excluding carboxylic acids is 1. The summed E-state index contributed by atoms with van der Waals surface area (Å²) in [5.74, 6) is -0.276. The topological polar surface area (TPSA) is 61.7 Å². The zero-order chi connectivity index (χ0) is 23.2. The van der Waals surface area contributed by atoms with Crippen LogP contribution < -0.4 is 10.6 Å². The molecule has 2 aliphatic rings. The standard InChI is InChI=1S/C26H28FN5OS/c1-31-11-3-4-18(14-31)29-25(33)17-7-9-23-24(13-17)34-26-30-22(15-32(23)26)19-8-6-16(12-20(19)27)21-5-2-10-28-21/h6-9,12-13,15,18,21,28H,2-5,10-11,14H2,1H3,(H,29,33). The molecular weight excluding hydrogens is 449 g/mol. The van der Waals surface area contributed by atoms with Crippen LogP contribution >= 0.6 is 11.3 Å². The fourth-order valence-corrected chi connectivity index (χ4v) is 6.30. The fraction of sp³-hybridized carbons (Fsp3) is 0.385. The highest BCUT2D eigenvalue weighted by molar-refractivity contribution is 7.23. The van der Waals surface area contributed by atoms with Crippen LogP contribution in [-0.4, -0.2) is 52.9 Å². The van der Waals surface area contributed by atoms with Gasteiger partial charge < -0.3 is 15.5 Å². The maximum atomic E-state index is 15.0. The first kappa shape index (κ1) is 21.7. The number of likely N-dealkylation sites (tertiary alicyclic amines) is 1. The van der Waals surface area contributed by atoms with Crippen molar-refractivity contribution >= 4 is 32.4 Å². The second kappa shape index (κ2) is 8.76. The Hall–Kier alpha value is -2.81. The van der Waals surface area contributed by atoms with E-state index >= 15 is 0 Å². The summed E-state index contributed by atoms with van der Waals surface area (Å²) in [6, 6.07) is 11.7. The number of amides is 1. The van der Waals surface area contributed by atoms with Gasteiger partial charge in [0.05, 0.1) is 15.9 Å². The summed E-state index contributed by atoms with van der Waals surface area (Å²) in [4.78, 5) is 20.6. The molecule has 2 unspecified atom stereocenters. The molecule has 2 atom stereocenters. The average Bonchev–Trinajstić information content (AvgIpc) is 3.55. The minimum atomic E-state index is -0.242. The van der Waals surface area contributed by atoms with Crippen molar-refractivity contribution in [2.75, 3.05) is 26.7 Å². The summed E-state index contributed by atoms with van der Waals surface area (Å²) in [5, 5.41) is 6.59. The van der Waals surface area contributed by atoms with Crippen LogP contribution in [0.5, 0.6) is 0 Å². The first-order valence-electron chi connectivity index (χ1n) is 12.0. The predicted molar refractivity (Wildman–Crippen MR) is 134 cm³/mol. The number of carbonyl (C=O) groups is 1. The lowest BCUT2D eigenvalue weighted by Gasteiger charge is -2.30. The number of nitrogens with one attached hydrogen (secondary N) is 2. The lowest BCUT2D eigenvalue weighted by atomic mass is 10.0. The number of imidazole rings is 1. The second-order valence-electron chi connectivity index (χ2n) is 9.53.